The van der Waals surface area contributed by atoms with Crippen molar-refractivity contribution < 1.29 is 23.9 Å². The predicted octanol–water partition coefficient (Wildman–Crippen LogP) is 9.88. The van der Waals surface area contributed by atoms with Crippen molar-refractivity contribution in [2.45, 2.75) is 0 Å². The summed E-state index contributed by atoms with van der Waals surface area (Å²) < 4.78 is 11.7. The minimum absolute atomic E-state index is 0.225. The van der Waals surface area contributed by atoms with Gasteiger partial charge < -0.3 is 20.5 Å². The second kappa shape index (κ2) is 16.1. The molecule has 48 heavy (non-hydrogen) atoms. The third kappa shape index (κ3) is 8.47. The minimum atomic E-state index is -0.293. The summed E-state index contributed by atoms with van der Waals surface area (Å²) in [5.74, 6) is 1.67. The molecule has 6 aromatic carbocycles. The lowest BCUT2D eigenvalue weighted by Gasteiger charge is -2.12. The van der Waals surface area contributed by atoms with Crippen LogP contribution < -0.4 is 20.5 Å². The third-order valence-electron chi connectivity index (χ3n) is 6.91. The number of hydrogen-bond acceptors (Lipinski definition) is 6. The van der Waals surface area contributed by atoms with Gasteiger partial charge in [-0.3, -0.25) is 14.4 Å². The van der Waals surface area contributed by atoms with Crippen molar-refractivity contribution in [3.63, 3.8) is 0 Å². The average Bonchev–Trinajstić information content (AvgIpc) is 3.11. The first-order chi connectivity index (χ1) is 23.3. The molecule has 0 heterocycles. The van der Waals surface area contributed by atoms with Crippen LogP contribution in [0.1, 0.15) is 31.8 Å². The molecular formula is C39H28Cl2N2O5. The van der Waals surface area contributed by atoms with Gasteiger partial charge in [0, 0.05) is 26.9 Å². The van der Waals surface area contributed by atoms with E-state index in [1.165, 1.54) is 6.07 Å². The van der Waals surface area contributed by atoms with Crippen LogP contribution in [-0.2, 0) is 4.79 Å². The number of para-hydroxylation sites is 4. The molecule has 0 aliphatic carbocycles. The van der Waals surface area contributed by atoms with E-state index in [-0.39, 0.29) is 11.6 Å². The normalized spacial score (nSPS) is 10.2. The summed E-state index contributed by atoms with van der Waals surface area (Å²) in [6.07, 6.45) is 0.520. The number of carbonyl (C=O) groups is 3. The Morgan fingerprint density at radius 2 is 0.979 bits per heavy atom. The number of hydrogen-bond donors (Lipinski definition) is 2. The number of halogens is 2. The maximum Gasteiger partial charge on any atom is 0.211 e. The molecule has 0 aromatic heterocycles. The highest BCUT2D eigenvalue weighted by molar-refractivity contribution is 6.32. The number of ketones is 2. The van der Waals surface area contributed by atoms with Gasteiger partial charge >= 0.3 is 0 Å². The third-order valence-corrected chi connectivity index (χ3v) is 7.38. The van der Waals surface area contributed by atoms with E-state index in [1.54, 1.807) is 84.9 Å². The Balaban J connectivity index is 0.000000188. The van der Waals surface area contributed by atoms with Crippen LogP contribution >= 0.6 is 23.2 Å². The monoisotopic (exact) mass is 674 g/mol. The van der Waals surface area contributed by atoms with Crippen molar-refractivity contribution in [2.75, 3.05) is 11.1 Å². The first kappa shape index (κ1) is 33.5. The SMILES string of the molecule is Nc1ccc(Cl)cc1C(=O)c1ccccc1Oc1ccccc1.O=CNc1ccc(Cl)cc1C(=O)c1ccccc1Oc1ccccc1. The van der Waals surface area contributed by atoms with Gasteiger partial charge in [0.1, 0.15) is 23.0 Å². The summed E-state index contributed by atoms with van der Waals surface area (Å²) in [5, 5.41) is 3.39. The van der Waals surface area contributed by atoms with Gasteiger partial charge in [-0.05, 0) is 84.9 Å². The van der Waals surface area contributed by atoms with Gasteiger partial charge in [-0.25, -0.2) is 0 Å². The number of rotatable bonds is 10. The number of nitrogens with one attached hydrogen (secondary N) is 1. The van der Waals surface area contributed by atoms with Crippen molar-refractivity contribution in [1.82, 2.24) is 0 Å². The average molecular weight is 676 g/mol. The zero-order valence-electron chi connectivity index (χ0n) is 25.3. The van der Waals surface area contributed by atoms with Gasteiger partial charge in [0.15, 0.2) is 11.6 Å². The first-order valence-electron chi connectivity index (χ1n) is 14.6. The first-order valence-corrected chi connectivity index (χ1v) is 15.4. The van der Waals surface area contributed by atoms with Crippen molar-refractivity contribution in [3.05, 3.63) is 178 Å². The number of carbonyl (C=O) groups excluding carboxylic acids is 3. The highest BCUT2D eigenvalue weighted by Gasteiger charge is 2.19. The molecule has 9 heteroatoms. The fraction of sp³-hybridized carbons (Fsp3) is 0. The van der Waals surface area contributed by atoms with Gasteiger partial charge in [0.05, 0.1) is 16.8 Å². The lowest BCUT2D eigenvalue weighted by molar-refractivity contribution is -0.105. The maximum absolute atomic E-state index is 13.0. The predicted molar refractivity (Wildman–Crippen MR) is 190 cm³/mol. The number of benzene rings is 6. The van der Waals surface area contributed by atoms with Gasteiger partial charge in [-0.2, -0.15) is 0 Å². The smallest absolute Gasteiger partial charge is 0.211 e. The zero-order chi connectivity index (χ0) is 33.9. The Morgan fingerprint density at radius 1 is 0.542 bits per heavy atom. The standard InChI is InChI=1S/C20H14ClNO3.C19H14ClNO2/c21-14-10-11-18(22-13-23)17(12-14)20(24)16-8-4-5-9-19(16)25-15-6-2-1-3-7-15;20-13-10-11-17(21)16(12-13)19(22)15-8-4-5-9-18(15)23-14-6-2-1-3-7-14/h1-13H,(H,22,23);1-12H,21H2. The van der Waals surface area contributed by atoms with Crippen LogP contribution in [0.3, 0.4) is 0 Å². The second-order valence-corrected chi connectivity index (χ2v) is 11.0. The topological polar surface area (TPSA) is 108 Å². The molecule has 3 N–H and O–H groups in total. The number of nitrogens with two attached hydrogens (primary N) is 1. The summed E-state index contributed by atoms with van der Waals surface area (Å²) in [4.78, 5) is 36.6. The van der Waals surface area contributed by atoms with E-state index in [4.69, 9.17) is 38.4 Å². The molecule has 0 saturated carbocycles. The summed E-state index contributed by atoms with van der Waals surface area (Å²) in [6, 6.07) is 42.0. The van der Waals surface area contributed by atoms with E-state index in [0.717, 1.165) is 0 Å². The molecule has 0 unspecified atom stereocenters. The van der Waals surface area contributed by atoms with E-state index >= 15 is 0 Å². The highest BCUT2D eigenvalue weighted by atomic mass is 35.5. The molecule has 6 aromatic rings. The lowest BCUT2D eigenvalue weighted by Crippen LogP contribution is -2.08. The molecule has 0 atom stereocenters. The lowest BCUT2D eigenvalue weighted by atomic mass is 10.0. The number of amides is 1. The molecule has 0 saturated heterocycles. The maximum atomic E-state index is 13.0. The van der Waals surface area contributed by atoms with Crippen LogP contribution in [0.5, 0.6) is 23.0 Å². The number of nitrogen functional groups attached to an aromatic ring is 1. The van der Waals surface area contributed by atoms with E-state index in [1.807, 2.05) is 54.6 Å². The Kier molecular flexibility index (Phi) is 11.2. The van der Waals surface area contributed by atoms with E-state index in [2.05, 4.69) is 5.32 Å². The van der Waals surface area contributed by atoms with Crippen molar-refractivity contribution in [2.24, 2.45) is 0 Å². The van der Waals surface area contributed by atoms with E-state index in [9.17, 15) is 14.4 Å². The van der Waals surface area contributed by atoms with Gasteiger partial charge in [-0.1, -0.05) is 83.9 Å². The molecule has 0 spiro atoms. The molecular weight excluding hydrogens is 647 g/mol. The largest absolute Gasteiger partial charge is 0.457 e. The van der Waals surface area contributed by atoms with Crippen LogP contribution in [0.15, 0.2) is 146 Å². The van der Waals surface area contributed by atoms with Crippen LogP contribution in [0, 0.1) is 0 Å². The number of ether oxygens (including phenoxy) is 2. The Labute approximate surface area is 287 Å². The van der Waals surface area contributed by atoms with Crippen LogP contribution in [0.25, 0.3) is 0 Å². The molecule has 0 fully saturated rings. The molecule has 0 aliphatic heterocycles. The van der Waals surface area contributed by atoms with Gasteiger partial charge in [0.2, 0.25) is 6.41 Å². The van der Waals surface area contributed by atoms with Crippen molar-refractivity contribution in [3.8, 4) is 23.0 Å². The van der Waals surface area contributed by atoms with E-state index < -0.39 is 0 Å². The fourth-order valence-corrected chi connectivity index (χ4v) is 4.97. The summed E-state index contributed by atoms with van der Waals surface area (Å²) in [5.41, 5.74) is 8.15. The summed E-state index contributed by atoms with van der Waals surface area (Å²) >= 11 is 12.0. The highest BCUT2D eigenvalue weighted by Crippen LogP contribution is 2.31. The Morgan fingerprint density at radius 3 is 1.50 bits per heavy atom. The molecule has 6 rings (SSSR count). The molecule has 238 valence electrons. The van der Waals surface area contributed by atoms with Gasteiger partial charge in [0.25, 0.3) is 0 Å². The number of anilines is 2. The molecule has 1 amide bonds. The molecule has 7 nitrogen and oxygen atoms in total. The van der Waals surface area contributed by atoms with Crippen molar-refractivity contribution >= 4 is 52.6 Å². The Hall–Kier alpha value is -5.89. The summed E-state index contributed by atoms with van der Waals surface area (Å²) in [7, 11) is 0. The van der Waals surface area contributed by atoms with Crippen molar-refractivity contribution in [1.29, 1.82) is 0 Å². The van der Waals surface area contributed by atoms with E-state index in [0.29, 0.717) is 73.1 Å². The molecule has 0 bridgehead atoms. The summed E-state index contributed by atoms with van der Waals surface area (Å²) in [6.45, 7) is 0. The molecule has 0 radical (unpaired) electrons. The quantitative estimate of drug-likeness (QED) is 0.0851. The van der Waals surface area contributed by atoms with Crippen LogP contribution in [0.4, 0.5) is 11.4 Å². The van der Waals surface area contributed by atoms with Gasteiger partial charge in [-0.15, -0.1) is 0 Å². The van der Waals surface area contributed by atoms with Crippen LogP contribution in [-0.4, -0.2) is 18.0 Å². The fourth-order valence-electron chi connectivity index (χ4n) is 4.63. The van der Waals surface area contributed by atoms with Crippen LogP contribution in [0.2, 0.25) is 10.0 Å². The Bertz CT molecular complexity index is 2050. The minimum Gasteiger partial charge on any atom is -0.457 e. The zero-order valence-corrected chi connectivity index (χ0v) is 26.8. The second-order valence-electron chi connectivity index (χ2n) is 10.2. The molecule has 0 aliphatic rings.